The largest absolute Gasteiger partial charge is 0.289 e. The summed E-state index contributed by atoms with van der Waals surface area (Å²) in [5, 5.41) is 10.7. The van der Waals surface area contributed by atoms with E-state index in [2.05, 4.69) is 4.72 Å². The van der Waals surface area contributed by atoms with E-state index in [-0.39, 0.29) is 11.3 Å². The monoisotopic (exact) mass is 412 g/mol. The fourth-order valence-electron chi connectivity index (χ4n) is 3.26. The van der Waals surface area contributed by atoms with Crippen molar-refractivity contribution >= 4 is 26.7 Å². The minimum atomic E-state index is -3.69. The molecule has 3 aromatic rings. The lowest BCUT2D eigenvalue weighted by atomic mass is 9.98. The van der Waals surface area contributed by atoms with Crippen LogP contribution in [0.2, 0.25) is 0 Å². The molecule has 0 spiro atoms. The van der Waals surface area contributed by atoms with Crippen LogP contribution >= 0.6 is 0 Å². The Bertz CT molecular complexity index is 1070. The molecule has 0 aliphatic heterocycles. The molecule has 3 aromatic carbocycles. The number of fused-ring (bicyclic) bond motifs is 1. The highest BCUT2D eigenvalue weighted by molar-refractivity contribution is 7.89. The molecule has 1 amide bonds. The molecule has 0 aliphatic rings. The Morgan fingerprint density at radius 1 is 0.897 bits per heavy atom. The van der Waals surface area contributed by atoms with Gasteiger partial charge in [-0.05, 0) is 47.4 Å². The van der Waals surface area contributed by atoms with Crippen LogP contribution in [0.4, 0.5) is 0 Å². The number of hydrogen-bond acceptors (Lipinski definition) is 4. The normalized spacial score (nSPS) is 12.6. The fourth-order valence-corrected chi connectivity index (χ4v) is 4.54. The first-order chi connectivity index (χ1) is 14.0. The smallest absolute Gasteiger partial charge is 0.243 e. The Morgan fingerprint density at radius 2 is 1.59 bits per heavy atom. The van der Waals surface area contributed by atoms with Crippen LogP contribution in [-0.4, -0.2) is 19.5 Å². The number of carbonyl (C=O) groups is 1. The zero-order valence-electron chi connectivity index (χ0n) is 15.9. The number of benzene rings is 3. The van der Waals surface area contributed by atoms with Crippen molar-refractivity contribution in [2.75, 3.05) is 0 Å². The van der Waals surface area contributed by atoms with Gasteiger partial charge < -0.3 is 0 Å². The molecule has 1 unspecified atom stereocenters. The van der Waals surface area contributed by atoms with Crippen LogP contribution in [0.1, 0.15) is 37.3 Å². The second-order valence-electron chi connectivity index (χ2n) is 6.87. The van der Waals surface area contributed by atoms with Crippen LogP contribution in [0.3, 0.4) is 0 Å². The molecule has 0 aromatic heterocycles. The molecule has 0 saturated carbocycles. The minimum absolute atomic E-state index is 0.187. The molecule has 0 saturated heterocycles. The lowest BCUT2D eigenvalue weighted by Gasteiger charge is -2.20. The number of rotatable bonds is 9. The van der Waals surface area contributed by atoms with Gasteiger partial charge in [-0.15, -0.1) is 0 Å². The highest BCUT2D eigenvalue weighted by Gasteiger charge is 2.21. The van der Waals surface area contributed by atoms with E-state index in [9.17, 15) is 13.2 Å². The summed E-state index contributed by atoms with van der Waals surface area (Å²) in [7, 11) is -3.69. The predicted octanol–water partition coefficient (Wildman–Crippen LogP) is 3.93. The van der Waals surface area contributed by atoms with Gasteiger partial charge in [0.15, 0.2) is 0 Å². The first-order valence-corrected chi connectivity index (χ1v) is 11.0. The maximum Gasteiger partial charge on any atom is 0.243 e. The van der Waals surface area contributed by atoms with E-state index in [0.29, 0.717) is 19.3 Å². The van der Waals surface area contributed by atoms with E-state index in [0.717, 1.165) is 16.3 Å². The van der Waals surface area contributed by atoms with Crippen molar-refractivity contribution < 1.29 is 18.4 Å². The first kappa shape index (κ1) is 21.0. The number of sulfonamides is 1. The van der Waals surface area contributed by atoms with Crippen LogP contribution in [-0.2, 0) is 14.8 Å². The molecule has 0 radical (unpaired) electrons. The highest BCUT2D eigenvalue weighted by Crippen LogP contribution is 2.26. The van der Waals surface area contributed by atoms with Gasteiger partial charge in [-0.25, -0.2) is 18.6 Å². The number of hydrogen-bond donors (Lipinski definition) is 3. The fraction of sp³-hybridized carbons (Fsp3) is 0.227. The van der Waals surface area contributed by atoms with Crippen LogP contribution in [0, 0.1) is 0 Å². The Morgan fingerprint density at radius 3 is 2.31 bits per heavy atom. The molecule has 3 rings (SSSR count). The molecule has 0 fully saturated rings. The van der Waals surface area contributed by atoms with Crippen molar-refractivity contribution in [1.29, 1.82) is 0 Å². The van der Waals surface area contributed by atoms with E-state index < -0.39 is 22.0 Å². The van der Waals surface area contributed by atoms with Gasteiger partial charge in [0.1, 0.15) is 0 Å². The average molecular weight is 413 g/mol. The summed E-state index contributed by atoms with van der Waals surface area (Å²) in [5.74, 6) is -0.447. The molecule has 0 aliphatic carbocycles. The molecule has 152 valence electrons. The molecular weight excluding hydrogens is 388 g/mol. The Hall–Kier alpha value is -2.74. The topological polar surface area (TPSA) is 95.5 Å². The molecule has 3 N–H and O–H groups in total. The number of amides is 1. The predicted molar refractivity (Wildman–Crippen MR) is 112 cm³/mol. The van der Waals surface area contributed by atoms with E-state index in [1.807, 2.05) is 42.5 Å². The SMILES string of the molecule is O=C(CCCCC(NS(=O)(=O)c1ccccc1)c1ccc2ccccc2c1)NO. The van der Waals surface area contributed by atoms with Crippen LogP contribution in [0.15, 0.2) is 77.7 Å². The van der Waals surface area contributed by atoms with E-state index in [1.54, 1.807) is 35.8 Å². The Kier molecular flexibility index (Phi) is 6.98. The maximum atomic E-state index is 12.9. The van der Waals surface area contributed by atoms with Gasteiger partial charge in [-0.2, -0.15) is 0 Å². The molecule has 6 nitrogen and oxygen atoms in total. The van der Waals surface area contributed by atoms with Crippen molar-refractivity contribution in [1.82, 2.24) is 10.2 Å². The van der Waals surface area contributed by atoms with E-state index >= 15 is 0 Å². The first-order valence-electron chi connectivity index (χ1n) is 9.48. The van der Waals surface area contributed by atoms with Crippen LogP contribution in [0.25, 0.3) is 10.8 Å². The summed E-state index contributed by atoms with van der Waals surface area (Å²) in [6, 6.07) is 21.7. The second kappa shape index (κ2) is 9.65. The summed E-state index contributed by atoms with van der Waals surface area (Å²) >= 11 is 0. The quantitative estimate of drug-likeness (QED) is 0.282. The summed E-state index contributed by atoms with van der Waals surface area (Å²) < 4.78 is 28.5. The molecule has 0 heterocycles. The second-order valence-corrected chi connectivity index (χ2v) is 8.59. The lowest BCUT2D eigenvalue weighted by Crippen LogP contribution is -2.29. The molecule has 29 heavy (non-hydrogen) atoms. The lowest BCUT2D eigenvalue weighted by molar-refractivity contribution is -0.129. The van der Waals surface area contributed by atoms with Gasteiger partial charge in [-0.1, -0.05) is 61.0 Å². The number of nitrogens with one attached hydrogen (secondary N) is 2. The number of hydroxylamine groups is 1. The minimum Gasteiger partial charge on any atom is -0.289 e. The average Bonchev–Trinajstić information content (AvgIpc) is 2.75. The summed E-state index contributed by atoms with van der Waals surface area (Å²) in [4.78, 5) is 11.4. The third-order valence-corrected chi connectivity index (χ3v) is 6.29. The van der Waals surface area contributed by atoms with Gasteiger partial charge in [-0.3, -0.25) is 10.0 Å². The van der Waals surface area contributed by atoms with Gasteiger partial charge in [0, 0.05) is 12.5 Å². The standard InChI is InChI=1S/C22H24N2O4S/c25-22(23-26)13-7-6-12-21(24-29(27,28)20-10-2-1-3-11-20)19-15-14-17-8-4-5-9-18(17)16-19/h1-5,8-11,14-16,21,24,26H,6-7,12-13H2,(H,23,25). The number of carbonyl (C=O) groups excluding carboxylic acids is 1. The number of unbranched alkanes of at least 4 members (excludes halogenated alkanes) is 1. The van der Waals surface area contributed by atoms with Crippen molar-refractivity contribution in [2.24, 2.45) is 0 Å². The van der Waals surface area contributed by atoms with Gasteiger partial charge in [0.25, 0.3) is 0 Å². The van der Waals surface area contributed by atoms with E-state index in [1.165, 1.54) is 0 Å². The third kappa shape index (κ3) is 5.63. The van der Waals surface area contributed by atoms with Crippen molar-refractivity contribution in [2.45, 2.75) is 36.6 Å². The van der Waals surface area contributed by atoms with E-state index in [4.69, 9.17) is 5.21 Å². The third-order valence-electron chi connectivity index (χ3n) is 4.80. The zero-order valence-corrected chi connectivity index (χ0v) is 16.7. The zero-order chi connectivity index (χ0) is 20.7. The Balaban J connectivity index is 1.83. The van der Waals surface area contributed by atoms with Crippen LogP contribution in [0.5, 0.6) is 0 Å². The Labute approximate surface area is 170 Å². The summed E-state index contributed by atoms with van der Waals surface area (Å²) in [6.07, 6.45) is 1.89. The molecule has 7 heteroatoms. The molecule has 1 atom stereocenters. The van der Waals surface area contributed by atoms with Gasteiger partial charge >= 0.3 is 0 Å². The maximum absolute atomic E-state index is 12.9. The van der Waals surface area contributed by atoms with Crippen molar-refractivity contribution in [3.8, 4) is 0 Å². The highest BCUT2D eigenvalue weighted by atomic mass is 32.2. The summed E-state index contributed by atoms with van der Waals surface area (Å²) in [6.45, 7) is 0. The van der Waals surface area contributed by atoms with Crippen molar-refractivity contribution in [3.63, 3.8) is 0 Å². The van der Waals surface area contributed by atoms with Gasteiger partial charge in [0.2, 0.25) is 15.9 Å². The van der Waals surface area contributed by atoms with Crippen molar-refractivity contribution in [3.05, 3.63) is 78.4 Å². The summed E-state index contributed by atoms with van der Waals surface area (Å²) in [5.41, 5.74) is 2.48. The van der Waals surface area contributed by atoms with Crippen LogP contribution < -0.4 is 10.2 Å². The molecule has 0 bridgehead atoms. The van der Waals surface area contributed by atoms with Gasteiger partial charge in [0.05, 0.1) is 4.90 Å². The molecular formula is C22H24N2O4S.